The zero-order chi connectivity index (χ0) is 15.3. The minimum Gasteiger partial charge on any atom is -0.357 e. The predicted octanol–water partition coefficient (Wildman–Crippen LogP) is 0.185. The monoisotopic (exact) mass is 301 g/mol. The van der Waals surface area contributed by atoms with E-state index in [-0.39, 0.29) is 23.6 Å². The largest absolute Gasteiger partial charge is 0.357 e. The average Bonchev–Trinajstić information content (AvgIpc) is 2.91. The van der Waals surface area contributed by atoms with Gasteiger partial charge in [0, 0.05) is 19.2 Å². The van der Waals surface area contributed by atoms with Crippen LogP contribution in [0.15, 0.2) is 0 Å². The van der Waals surface area contributed by atoms with Crippen molar-refractivity contribution in [3.8, 4) is 0 Å². The molecule has 1 fully saturated rings. The van der Waals surface area contributed by atoms with E-state index in [0.717, 1.165) is 0 Å². The quantitative estimate of drug-likeness (QED) is 0.759. The molecule has 20 heavy (non-hydrogen) atoms. The summed E-state index contributed by atoms with van der Waals surface area (Å²) in [6.45, 7) is 5.53. The average molecular weight is 301 g/mol. The van der Waals surface area contributed by atoms with Crippen LogP contribution < -0.4 is 10.6 Å². The van der Waals surface area contributed by atoms with Gasteiger partial charge in [0.2, 0.25) is 17.7 Å². The Hall–Kier alpha value is -1.24. The molecule has 0 aromatic heterocycles. The summed E-state index contributed by atoms with van der Waals surface area (Å²) in [4.78, 5) is 37.5. The van der Waals surface area contributed by atoms with E-state index in [0.29, 0.717) is 18.1 Å². The fourth-order valence-electron chi connectivity index (χ4n) is 2.05. The van der Waals surface area contributed by atoms with Crippen LogP contribution in [0.1, 0.15) is 27.2 Å². The second-order valence-corrected chi connectivity index (χ2v) is 6.08. The fourth-order valence-corrected chi connectivity index (χ4v) is 3.23. The van der Waals surface area contributed by atoms with Crippen LogP contribution in [-0.2, 0) is 14.4 Å². The molecule has 114 valence electrons. The first kappa shape index (κ1) is 16.8. The molecule has 1 heterocycles. The molecule has 2 N–H and O–H groups in total. The van der Waals surface area contributed by atoms with E-state index in [1.54, 1.807) is 30.6 Å². The molecule has 3 amide bonds. The fraction of sp³-hybridized carbons (Fsp3) is 0.769. The van der Waals surface area contributed by atoms with E-state index in [9.17, 15) is 14.4 Å². The number of amides is 3. The maximum atomic E-state index is 12.3. The highest BCUT2D eigenvalue weighted by Gasteiger charge is 2.36. The number of likely N-dealkylation sites (N-methyl/N-ethyl adjacent to an activating group) is 1. The lowest BCUT2D eigenvalue weighted by Gasteiger charge is -2.26. The summed E-state index contributed by atoms with van der Waals surface area (Å²) in [7, 11) is 1.54. The molecule has 1 saturated heterocycles. The van der Waals surface area contributed by atoms with Gasteiger partial charge in [-0.1, -0.05) is 20.8 Å². The van der Waals surface area contributed by atoms with Crippen molar-refractivity contribution in [3.05, 3.63) is 0 Å². The van der Waals surface area contributed by atoms with Crippen LogP contribution in [0.4, 0.5) is 0 Å². The van der Waals surface area contributed by atoms with Gasteiger partial charge in [0.05, 0.1) is 5.88 Å². The Labute approximate surface area is 124 Å². The highest BCUT2D eigenvalue weighted by Crippen LogP contribution is 2.22. The van der Waals surface area contributed by atoms with Gasteiger partial charge in [-0.05, 0) is 5.92 Å². The maximum absolute atomic E-state index is 12.3. The zero-order valence-corrected chi connectivity index (χ0v) is 13.3. The summed E-state index contributed by atoms with van der Waals surface area (Å²) in [5.41, 5.74) is 0. The summed E-state index contributed by atoms with van der Waals surface area (Å²) in [6.07, 6.45) is 0.382. The summed E-state index contributed by atoms with van der Waals surface area (Å²) in [6, 6.07) is -1.05. The van der Waals surface area contributed by atoms with Crippen molar-refractivity contribution >= 4 is 29.5 Å². The summed E-state index contributed by atoms with van der Waals surface area (Å²) < 4.78 is 0. The standard InChI is InChI=1S/C13H23N3O3S/c1-5-10(17)16-7-20-6-9(16)12(18)15-11(8(2)3)13(19)14-4/h8-9,11H,5-7H2,1-4H3,(H,14,19)(H,15,18)/t9-,11-/m0/s1. The van der Waals surface area contributed by atoms with E-state index >= 15 is 0 Å². The van der Waals surface area contributed by atoms with Gasteiger partial charge in [0.25, 0.3) is 0 Å². The second kappa shape index (κ2) is 7.52. The first-order valence-electron chi connectivity index (χ1n) is 6.81. The van der Waals surface area contributed by atoms with Gasteiger partial charge in [0.1, 0.15) is 12.1 Å². The summed E-state index contributed by atoms with van der Waals surface area (Å²) in [5, 5.41) is 5.31. The molecule has 2 atom stereocenters. The number of nitrogens with one attached hydrogen (secondary N) is 2. The molecule has 0 saturated carbocycles. The van der Waals surface area contributed by atoms with Crippen LogP contribution in [0.3, 0.4) is 0 Å². The Balaban J connectivity index is 2.73. The smallest absolute Gasteiger partial charge is 0.244 e. The third-order valence-electron chi connectivity index (χ3n) is 3.30. The van der Waals surface area contributed by atoms with E-state index < -0.39 is 12.1 Å². The molecule has 0 aromatic carbocycles. The van der Waals surface area contributed by atoms with Gasteiger partial charge in [-0.15, -0.1) is 11.8 Å². The zero-order valence-electron chi connectivity index (χ0n) is 12.4. The van der Waals surface area contributed by atoms with Gasteiger partial charge >= 0.3 is 0 Å². The minimum absolute atomic E-state index is 0.0108. The van der Waals surface area contributed by atoms with E-state index in [1.807, 2.05) is 13.8 Å². The summed E-state index contributed by atoms with van der Waals surface area (Å²) >= 11 is 1.56. The first-order chi connectivity index (χ1) is 9.42. The SMILES string of the molecule is CCC(=O)N1CSC[C@H]1C(=O)N[C@H](C(=O)NC)C(C)C. The molecule has 1 aliphatic rings. The van der Waals surface area contributed by atoms with Crippen LogP contribution in [-0.4, -0.2) is 53.4 Å². The Morgan fingerprint density at radius 1 is 1.35 bits per heavy atom. The Morgan fingerprint density at radius 2 is 2.00 bits per heavy atom. The molecule has 6 nitrogen and oxygen atoms in total. The van der Waals surface area contributed by atoms with E-state index in [2.05, 4.69) is 10.6 Å². The topological polar surface area (TPSA) is 78.5 Å². The molecular formula is C13H23N3O3S. The third-order valence-corrected chi connectivity index (χ3v) is 4.31. The number of hydrogen-bond donors (Lipinski definition) is 2. The lowest BCUT2D eigenvalue weighted by molar-refractivity contribution is -0.139. The predicted molar refractivity (Wildman–Crippen MR) is 79.1 cm³/mol. The molecule has 0 unspecified atom stereocenters. The molecule has 0 aromatic rings. The Kier molecular flexibility index (Phi) is 6.32. The van der Waals surface area contributed by atoms with Crippen LogP contribution in [0, 0.1) is 5.92 Å². The van der Waals surface area contributed by atoms with Crippen molar-refractivity contribution < 1.29 is 14.4 Å². The Bertz CT molecular complexity index is 387. The van der Waals surface area contributed by atoms with Crippen molar-refractivity contribution in [2.24, 2.45) is 5.92 Å². The molecule has 0 spiro atoms. The highest BCUT2D eigenvalue weighted by atomic mass is 32.2. The number of rotatable bonds is 5. The number of nitrogens with zero attached hydrogens (tertiary/aromatic N) is 1. The first-order valence-corrected chi connectivity index (χ1v) is 7.97. The minimum atomic E-state index is -0.573. The molecule has 0 aliphatic carbocycles. The molecule has 1 aliphatic heterocycles. The molecule has 1 rings (SSSR count). The van der Waals surface area contributed by atoms with Gasteiger partial charge in [-0.25, -0.2) is 0 Å². The molecule has 7 heteroatoms. The normalized spacial score (nSPS) is 19.9. The number of hydrogen-bond acceptors (Lipinski definition) is 4. The summed E-state index contributed by atoms with van der Waals surface area (Å²) in [5.74, 6) is 0.610. The highest BCUT2D eigenvalue weighted by molar-refractivity contribution is 7.99. The van der Waals surface area contributed by atoms with E-state index in [4.69, 9.17) is 0 Å². The lowest BCUT2D eigenvalue weighted by Crippen LogP contribution is -2.55. The van der Waals surface area contributed by atoms with E-state index in [1.165, 1.54) is 0 Å². The maximum Gasteiger partial charge on any atom is 0.244 e. The van der Waals surface area contributed by atoms with Crippen molar-refractivity contribution in [1.29, 1.82) is 0 Å². The number of carbonyl (C=O) groups excluding carboxylic acids is 3. The van der Waals surface area contributed by atoms with Crippen LogP contribution in [0.25, 0.3) is 0 Å². The van der Waals surface area contributed by atoms with Crippen LogP contribution in [0.5, 0.6) is 0 Å². The van der Waals surface area contributed by atoms with Crippen LogP contribution >= 0.6 is 11.8 Å². The molecule has 0 radical (unpaired) electrons. The van der Waals surface area contributed by atoms with Crippen molar-refractivity contribution in [1.82, 2.24) is 15.5 Å². The van der Waals surface area contributed by atoms with Crippen LogP contribution in [0.2, 0.25) is 0 Å². The molecular weight excluding hydrogens is 278 g/mol. The lowest BCUT2D eigenvalue weighted by atomic mass is 10.0. The number of thioether (sulfide) groups is 1. The third kappa shape index (κ3) is 3.88. The van der Waals surface area contributed by atoms with Crippen molar-refractivity contribution in [3.63, 3.8) is 0 Å². The van der Waals surface area contributed by atoms with Crippen molar-refractivity contribution in [2.45, 2.75) is 39.3 Å². The van der Waals surface area contributed by atoms with Gasteiger partial charge in [0.15, 0.2) is 0 Å². The Morgan fingerprint density at radius 3 is 2.50 bits per heavy atom. The van der Waals surface area contributed by atoms with Gasteiger partial charge in [-0.2, -0.15) is 0 Å². The second-order valence-electron chi connectivity index (χ2n) is 5.08. The molecule has 0 bridgehead atoms. The van der Waals surface area contributed by atoms with Gasteiger partial charge in [-0.3, -0.25) is 14.4 Å². The van der Waals surface area contributed by atoms with Gasteiger partial charge < -0.3 is 15.5 Å². The van der Waals surface area contributed by atoms with Crippen molar-refractivity contribution in [2.75, 3.05) is 18.7 Å². The number of carbonyl (C=O) groups is 3.